The molecule has 0 fully saturated rings. The minimum absolute atomic E-state index is 0.850. The van der Waals surface area contributed by atoms with Crippen LogP contribution in [0.5, 0.6) is 0 Å². The lowest BCUT2D eigenvalue weighted by Crippen LogP contribution is -2.36. The first-order chi connectivity index (χ1) is 9.79. The van der Waals surface area contributed by atoms with E-state index < -0.39 is 0 Å². The fourth-order valence-corrected chi connectivity index (χ4v) is 3.32. The van der Waals surface area contributed by atoms with Crippen LogP contribution in [0.25, 0.3) is 0 Å². The van der Waals surface area contributed by atoms with E-state index in [1.807, 2.05) is 0 Å². The number of anilines is 3. The number of nitrogens with zero attached hydrogens (tertiary/aromatic N) is 3. The molecule has 0 aliphatic carbocycles. The first-order valence-corrected chi connectivity index (χ1v) is 7.90. The smallest absolute Gasteiger partial charge is 0.190 e. The van der Waals surface area contributed by atoms with E-state index >= 15 is 0 Å². The van der Waals surface area contributed by atoms with Gasteiger partial charge in [0, 0.05) is 32.1 Å². The third-order valence-electron chi connectivity index (χ3n) is 3.57. The molecule has 0 bridgehead atoms. The van der Waals surface area contributed by atoms with Gasteiger partial charge in [-0.1, -0.05) is 19.1 Å². The fourth-order valence-electron chi connectivity index (χ4n) is 2.46. The van der Waals surface area contributed by atoms with Crippen LogP contribution in [-0.4, -0.2) is 31.7 Å². The Morgan fingerprint density at radius 2 is 2.05 bits per heavy atom. The third kappa shape index (κ3) is 2.51. The van der Waals surface area contributed by atoms with E-state index in [9.17, 15) is 0 Å². The van der Waals surface area contributed by atoms with Crippen LogP contribution in [0, 0.1) is 0 Å². The molecule has 1 N–H and O–H groups in total. The van der Waals surface area contributed by atoms with Crippen molar-refractivity contribution >= 4 is 27.8 Å². The Labute approximate surface area is 124 Å². The second-order valence-corrected chi connectivity index (χ2v) is 5.80. The van der Waals surface area contributed by atoms with Crippen LogP contribution in [0.2, 0.25) is 0 Å². The zero-order valence-electron chi connectivity index (χ0n) is 12.0. The lowest BCUT2D eigenvalue weighted by Gasteiger charge is -2.35. The van der Waals surface area contributed by atoms with Gasteiger partial charge in [-0.25, -0.2) is 4.98 Å². The molecule has 0 atom stereocenters. The van der Waals surface area contributed by atoms with Crippen LogP contribution >= 0.6 is 11.3 Å². The molecule has 4 nitrogen and oxygen atoms in total. The second kappa shape index (κ2) is 5.81. The molecule has 0 radical (unpaired) electrons. The molecule has 1 aliphatic rings. The maximum absolute atomic E-state index is 4.76. The number of fused-ring (bicyclic) bond motifs is 1. The number of benzene rings is 1. The van der Waals surface area contributed by atoms with Gasteiger partial charge in [-0.2, -0.15) is 0 Å². The highest BCUT2D eigenvalue weighted by Gasteiger charge is 2.22. The predicted octanol–water partition coefficient (Wildman–Crippen LogP) is 2.84. The highest BCUT2D eigenvalue weighted by atomic mass is 32.1. The van der Waals surface area contributed by atoms with Gasteiger partial charge in [0.1, 0.15) is 0 Å². The number of thiazole rings is 1. The summed E-state index contributed by atoms with van der Waals surface area (Å²) in [5.74, 6) is 0. The van der Waals surface area contributed by atoms with Gasteiger partial charge in [0.2, 0.25) is 0 Å². The standard InChI is InChI=1S/C15H20N4S/c1-3-16-10-12-11-20-15(17-12)19-9-8-18(2)13-6-4-5-7-14(13)19/h4-7,11,16H,3,8-10H2,1-2H3. The summed E-state index contributed by atoms with van der Waals surface area (Å²) in [6.45, 7) is 5.96. The summed E-state index contributed by atoms with van der Waals surface area (Å²) in [6, 6.07) is 8.54. The average molecular weight is 288 g/mol. The Morgan fingerprint density at radius 1 is 1.25 bits per heavy atom. The van der Waals surface area contributed by atoms with E-state index in [0.29, 0.717) is 0 Å². The number of nitrogens with one attached hydrogen (secondary N) is 1. The molecule has 0 amide bonds. The van der Waals surface area contributed by atoms with Crippen molar-refractivity contribution in [3.8, 4) is 0 Å². The Hall–Kier alpha value is -1.59. The quantitative estimate of drug-likeness (QED) is 0.937. The number of rotatable bonds is 4. The van der Waals surface area contributed by atoms with Crippen LogP contribution in [0.1, 0.15) is 12.6 Å². The van der Waals surface area contributed by atoms with Gasteiger partial charge < -0.3 is 15.1 Å². The number of hydrogen-bond acceptors (Lipinski definition) is 5. The van der Waals surface area contributed by atoms with Crippen molar-refractivity contribution in [1.82, 2.24) is 10.3 Å². The third-order valence-corrected chi connectivity index (χ3v) is 4.48. The SMILES string of the molecule is CCNCc1csc(N2CCN(C)c3ccccc32)n1. The van der Waals surface area contributed by atoms with Crippen LogP contribution in [0.3, 0.4) is 0 Å². The van der Waals surface area contributed by atoms with Crippen molar-refractivity contribution in [2.75, 3.05) is 36.5 Å². The molecule has 0 spiro atoms. The molecule has 1 aromatic carbocycles. The molecule has 0 saturated carbocycles. The van der Waals surface area contributed by atoms with E-state index in [1.54, 1.807) is 11.3 Å². The highest BCUT2D eigenvalue weighted by molar-refractivity contribution is 7.13. The van der Waals surface area contributed by atoms with E-state index in [1.165, 1.54) is 11.4 Å². The van der Waals surface area contributed by atoms with E-state index in [0.717, 1.165) is 37.0 Å². The van der Waals surface area contributed by atoms with Crippen molar-refractivity contribution < 1.29 is 0 Å². The van der Waals surface area contributed by atoms with Crippen molar-refractivity contribution in [3.63, 3.8) is 0 Å². The van der Waals surface area contributed by atoms with E-state index in [4.69, 9.17) is 4.98 Å². The van der Waals surface area contributed by atoms with Gasteiger partial charge in [0.05, 0.1) is 17.1 Å². The van der Waals surface area contributed by atoms with E-state index in [2.05, 4.69) is 58.7 Å². The zero-order valence-corrected chi connectivity index (χ0v) is 12.8. The van der Waals surface area contributed by atoms with Crippen LogP contribution in [-0.2, 0) is 6.54 Å². The molecule has 0 unspecified atom stereocenters. The van der Waals surface area contributed by atoms with Crippen LogP contribution < -0.4 is 15.1 Å². The Kier molecular flexibility index (Phi) is 3.89. The molecular weight excluding hydrogens is 268 g/mol. The van der Waals surface area contributed by atoms with Gasteiger partial charge in [-0.3, -0.25) is 0 Å². The maximum Gasteiger partial charge on any atom is 0.190 e. The molecule has 20 heavy (non-hydrogen) atoms. The topological polar surface area (TPSA) is 31.4 Å². The van der Waals surface area contributed by atoms with Crippen LogP contribution in [0.4, 0.5) is 16.5 Å². The summed E-state index contributed by atoms with van der Waals surface area (Å²) in [5, 5.41) is 6.57. The maximum atomic E-state index is 4.76. The van der Waals surface area contributed by atoms with Crippen molar-refractivity contribution in [3.05, 3.63) is 35.3 Å². The lowest BCUT2D eigenvalue weighted by molar-refractivity contribution is 0.713. The Bertz CT molecular complexity index is 581. The molecule has 1 aliphatic heterocycles. The molecule has 3 rings (SSSR count). The molecular formula is C15H20N4S. The first kappa shape index (κ1) is 13.4. The van der Waals surface area contributed by atoms with Crippen molar-refractivity contribution in [2.24, 2.45) is 0 Å². The largest absolute Gasteiger partial charge is 0.371 e. The Balaban J connectivity index is 1.87. The monoisotopic (exact) mass is 288 g/mol. The number of likely N-dealkylation sites (N-methyl/N-ethyl adjacent to an activating group) is 1. The fraction of sp³-hybridized carbons (Fsp3) is 0.400. The normalized spacial score (nSPS) is 14.5. The number of para-hydroxylation sites is 2. The molecule has 2 aromatic rings. The van der Waals surface area contributed by atoms with Gasteiger partial charge in [0.25, 0.3) is 0 Å². The molecule has 2 heterocycles. The van der Waals surface area contributed by atoms with E-state index in [-0.39, 0.29) is 0 Å². The van der Waals surface area contributed by atoms with Crippen molar-refractivity contribution in [2.45, 2.75) is 13.5 Å². The second-order valence-electron chi connectivity index (χ2n) is 4.96. The first-order valence-electron chi connectivity index (χ1n) is 7.02. The average Bonchev–Trinajstić information content (AvgIpc) is 2.94. The number of hydrogen-bond donors (Lipinski definition) is 1. The highest BCUT2D eigenvalue weighted by Crippen LogP contribution is 2.37. The number of aromatic nitrogens is 1. The zero-order chi connectivity index (χ0) is 13.9. The molecule has 0 saturated heterocycles. The van der Waals surface area contributed by atoms with Gasteiger partial charge >= 0.3 is 0 Å². The summed E-state index contributed by atoms with van der Waals surface area (Å²) in [7, 11) is 2.15. The molecule has 106 valence electrons. The van der Waals surface area contributed by atoms with Crippen LogP contribution in [0.15, 0.2) is 29.6 Å². The van der Waals surface area contributed by atoms with Crippen molar-refractivity contribution in [1.29, 1.82) is 0 Å². The summed E-state index contributed by atoms with van der Waals surface area (Å²) in [4.78, 5) is 9.39. The summed E-state index contributed by atoms with van der Waals surface area (Å²) in [5.41, 5.74) is 3.66. The van der Waals surface area contributed by atoms with Gasteiger partial charge in [-0.15, -0.1) is 11.3 Å². The van der Waals surface area contributed by atoms with Gasteiger partial charge in [0.15, 0.2) is 5.13 Å². The summed E-state index contributed by atoms with van der Waals surface area (Å²) in [6.07, 6.45) is 0. The molecule has 1 aromatic heterocycles. The minimum Gasteiger partial charge on any atom is -0.371 e. The lowest BCUT2D eigenvalue weighted by atomic mass is 10.2. The molecule has 5 heteroatoms. The summed E-state index contributed by atoms with van der Waals surface area (Å²) < 4.78 is 0. The minimum atomic E-state index is 0.850. The Morgan fingerprint density at radius 3 is 2.85 bits per heavy atom. The van der Waals surface area contributed by atoms with Gasteiger partial charge in [-0.05, 0) is 18.7 Å². The predicted molar refractivity (Wildman–Crippen MR) is 86.2 cm³/mol. The summed E-state index contributed by atoms with van der Waals surface area (Å²) >= 11 is 1.73.